The molecular formula is C16H21N3OS. The Balaban J connectivity index is 1.75. The van der Waals surface area contributed by atoms with E-state index in [2.05, 4.69) is 22.0 Å². The molecule has 1 saturated heterocycles. The lowest BCUT2D eigenvalue weighted by Crippen LogP contribution is -2.53. The van der Waals surface area contributed by atoms with Crippen molar-refractivity contribution >= 4 is 32.9 Å². The van der Waals surface area contributed by atoms with E-state index in [1.807, 2.05) is 6.92 Å². The van der Waals surface area contributed by atoms with Crippen LogP contribution in [-0.4, -0.2) is 30.3 Å². The maximum absolute atomic E-state index is 6.34. The van der Waals surface area contributed by atoms with Gasteiger partial charge in [-0.05, 0) is 31.9 Å². The SMILES string of the molecule is Cc1nc2cc(N3CCOC4CCCCC43)c(N)cc2s1. The molecule has 1 aliphatic heterocycles. The summed E-state index contributed by atoms with van der Waals surface area (Å²) in [6.07, 6.45) is 5.34. The largest absolute Gasteiger partial charge is 0.397 e. The van der Waals surface area contributed by atoms with Gasteiger partial charge in [0.25, 0.3) is 0 Å². The molecule has 21 heavy (non-hydrogen) atoms. The Morgan fingerprint density at radius 2 is 2.19 bits per heavy atom. The average Bonchev–Trinajstić information content (AvgIpc) is 2.85. The molecule has 5 heteroatoms. The molecule has 112 valence electrons. The van der Waals surface area contributed by atoms with Crippen LogP contribution in [0.4, 0.5) is 11.4 Å². The Hall–Kier alpha value is -1.33. The topological polar surface area (TPSA) is 51.4 Å². The Morgan fingerprint density at radius 1 is 1.33 bits per heavy atom. The lowest BCUT2D eigenvalue weighted by atomic mass is 9.89. The van der Waals surface area contributed by atoms with Crippen LogP contribution in [0.1, 0.15) is 30.7 Å². The molecule has 4 nitrogen and oxygen atoms in total. The summed E-state index contributed by atoms with van der Waals surface area (Å²) in [5, 5.41) is 1.10. The highest BCUT2D eigenvalue weighted by molar-refractivity contribution is 7.18. The Kier molecular flexibility index (Phi) is 3.27. The summed E-state index contributed by atoms with van der Waals surface area (Å²) in [4.78, 5) is 7.09. The zero-order valence-corrected chi connectivity index (χ0v) is 13.2. The van der Waals surface area contributed by atoms with Gasteiger partial charge in [0.2, 0.25) is 0 Å². The van der Waals surface area contributed by atoms with Gasteiger partial charge in [0.15, 0.2) is 0 Å². The third kappa shape index (κ3) is 2.28. The summed E-state index contributed by atoms with van der Waals surface area (Å²) in [6, 6.07) is 4.74. The van der Waals surface area contributed by atoms with E-state index < -0.39 is 0 Å². The maximum Gasteiger partial charge on any atom is 0.0907 e. The number of aryl methyl sites for hydroxylation is 1. The number of nitrogens with two attached hydrogens (primary N) is 1. The normalized spacial score (nSPS) is 26.0. The van der Waals surface area contributed by atoms with Crippen LogP contribution < -0.4 is 10.6 Å². The van der Waals surface area contributed by atoms with Crippen molar-refractivity contribution in [3.8, 4) is 0 Å². The molecule has 1 aliphatic carbocycles. The van der Waals surface area contributed by atoms with Crippen LogP contribution >= 0.6 is 11.3 Å². The third-order valence-electron chi connectivity index (χ3n) is 4.69. The summed E-state index contributed by atoms with van der Waals surface area (Å²) in [5.41, 5.74) is 9.43. The van der Waals surface area contributed by atoms with Gasteiger partial charge in [-0.2, -0.15) is 0 Å². The highest BCUT2D eigenvalue weighted by Gasteiger charge is 2.35. The van der Waals surface area contributed by atoms with Crippen molar-refractivity contribution in [3.05, 3.63) is 17.1 Å². The molecule has 2 fully saturated rings. The van der Waals surface area contributed by atoms with E-state index in [0.717, 1.165) is 35.1 Å². The van der Waals surface area contributed by atoms with Gasteiger partial charge in [-0.25, -0.2) is 4.98 Å². The van der Waals surface area contributed by atoms with Crippen molar-refractivity contribution in [2.24, 2.45) is 0 Å². The number of benzene rings is 1. The fourth-order valence-electron chi connectivity index (χ4n) is 3.74. The van der Waals surface area contributed by atoms with Crippen molar-refractivity contribution < 1.29 is 4.74 Å². The minimum atomic E-state index is 0.375. The molecule has 2 N–H and O–H groups in total. The highest BCUT2D eigenvalue weighted by Crippen LogP contribution is 2.37. The average molecular weight is 303 g/mol. The van der Waals surface area contributed by atoms with Crippen LogP contribution in [0, 0.1) is 6.92 Å². The molecule has 0 spiro atoms. The molecule has 1 aromatic carbocycles. The zero-order valence-electron chi connectivity index (χ0n) is 12.3. The molecule has 2 atom stereocenters. The molecule has 2 aliphatic rings. The predicted molar refractivity (Wildman–Crippen MR) is 88.1 cm³/mol. The Labute approximate surface area is 128 Å². The maximum atomic E-state index is 6.34. The Morgan fingerprint density at radius 3 is 3.10 bits per heavy atom. The molecule has 2 aromatic rings. The number of aromatic nitrogens is 1. The second-order valence-corrected chi connectivity index (χ2v) is 7.30. The van der Waals surface area contributed by atoms with Gasteiger partial charge in [-0.1, -0.05) is 12.8 Å². The van der Waals surface area contributed by atoms with E-state index in [1.165, 1.54) is 30.4 Å². The summed E-state index contributed by atoms with van der Waals surface area (Å²) in [7, 11) is 0. The number of anilines is 2. The van der Waals surface area contributed by atoms with Gasteiger partial charge in [0.1, 0.15) is 0 Å². The van der Waals surface area contributed by atoms with Crippen molar-refractivity contribution in [2.75, 3.05) is 23.8 Å². The van der Waals surface area contributed by atoms with Crippen LogP contribution in [0.2, 0.25) is 0 Å². The smallest absolute Gasteiger partial charge is 0.0907 e. The van der Waals surface area contributed by atoms with Crippen molar-refractivity contribution in [1.29, 1.82) is 0 Å². The van der Waals surface area contributed by atoms with Crippen LogP contribution in [0.3, 0.4) is 0 Å². The van der Waals surface area contributed by atoms with E-state index in [0.29, 0.717) is 12.1 Å². The molecule has 1 saturated carbocycles. The second kappa shape index (κ2) is 5.14. The number of hydrogen-bond acceptors (Lipinski definition) is 5. The summed E-state index contributed by atoms with van der Waals surface area (Å²) < 4.78 is 7.15. The summed E-state index contributed by atoms with van der Waals surface area (Å²) >= 11 is 1.71. The van der Waals surface area contributed by atoms with E-state index >= 15 is 0 Å². The molecule has 2 unspecified atom stereocenters. The van der Waals surface area contributed by atoms with Crippen LogP contribution in [0.25, 0.3) is 10.2 Å². The van der Waals surface area contributed by atoms with Crippen molar-refractivity contribution in [3.63, 3.8) is 0 Å². The van der Waals surface area contributed by atoms with Gasteiger partial charge in [0, 0.05) is 6.54 Å². The van der Waals surface area contributed by atoms with E-state index in [4.69, 9.17) is 10.5 Å². The molecule has 0 radical (unpaired) electrons. The highest BCUT2D eigenvalue weighted by atomic mass is 32.1. The summed E-state index contributed by atoms with van der Waals surface area (Å²) in [5.74, 6) is 0. The van der Waals surface area contributed by atoms with Gasteiger partial charge in [0.05, 0.1) is 45.4 Å². The molecule has 0 bridgehead atoms. The quantitative estimate of drug-likeness (QED) is 0.821. The number of nitrogen functional groups attached to an aromatic ring is 1. The Bertz CT molecular complexity index is 667. The van der Waals surface area contributed by atoms with Crippen molar-refractivity contribution in [2.45, 2.75) is 44.8 Å². The monoisotopic (exact) mass is 303 g/mol. The molecule has 4 rings (SSSR count). The number of fused-ring (bicyclic) bond motifs is 2. The molecule has 0 amide bonds. The van der Waals surface area contributed by atoms with Gasteiger partial charge in [-0.3, -0.25) is 0 Å². The fourth-order valence-corrected chi connectivity index (χ4v) is 4.60. The van der Waals surface area contributed by atoms with Gasteiger partial charge in [-0.15, -0.1) is 11.3 Å². The van der Waals surface area contributed by atoms with Crippen LogP contribution in [0.15, 0.2) is 12.1 Å². The van der Waals surface area contributed by atoms with Gasteiger partial charge >= 0.3 is 0 Å². The number of morpholine rings is 1. The molecular weight excluding hydrogens is 282 g/mol. The number of nitrogens with zero attached hydrogens (tertiary/aromatic N) is 2. The van der Waals surface area contributed by atoms with Crippen LogP contribution in [-0.2, 0) is 4.74 Å². The lowest BCUT2D eigenvalue weighted by molar-refractivity contribution is -0.00861. The number of hydrogen-bond donors (Lipinski definition) is 1. The first kappa shape index (κ1) is 13.3. The zero-order chi connectivity index (χ0) is 14.4. The second-order valence-electron chi connectivity index (χ2n) is 6.07. The van der Waals surface area contributed by atoms with E-state index in [-0.39, 0.29) is 0 Å². The minimum absolute atomic E-state index is 0.375. The first-order valence-corrected chi connectivity index (χ1v) is 8.59. The van der Waals surface area contributed by atoms with Crippen molar-refractivity contribution in [1.82, 2.24) is 4.98 Å². The first-order chi connectivity index (χ1) is 10.2. The fraction of sp³-hybridized carbons (Fsp3) is 0.562. The number of ether oxygens (including phenoxy) is 1. The standard InChI is InChI=1S/C16H21N3OS/c1-10-18-12-9-14(11(17)8-16(12)21-10)19-6-7-20-15-5-3-2-4-13(15)19/h8-9,13,15H,2-7,17H2,1H3. The number of thiazole rings is 1. The van der Waals surface area contributed by atoms with E-state index in [9.17, 15) is 0 Å². The predicted octanol–water partition coefficient (Wildman–Crippen LogP) is 3.33. The summed E-state index contributed by atoms with van der Waals surface area (Å²) in [6.45, 7) is 3.78. The molecule has 1 aromatic heterocycles. The van der Waals surface area contributed by atoms with Crippen LogP contribution in [0.5, 0.6) is 0 Å². The molecule has 2 heterocycles. The first-order valence-electron chi connectivity index (χ1n) is 7.77. The van der Waals surface area contributed by atoms with Gasteiger partial charge < -0.3 is 15.4 Å². The number of rotatable bonds is 1. The minimum Gasteiger partial charge on any atom is -0.397 e. The third-order valence-corrected chi connectivity index (χ3v) is 5.62. The van der Waals surface area contributed by atoms with E-state index in [1.54, 1.807) is 11.3 Å². The lowest BCUT2D eigenvalue weighted by Gasteiger charge is -2.45.